The summed E-state index contributed by atoms with van der Waals surface area (Å²) in [7, 11) is 1.40. The number of esters is 1. The number of hydrogen-bond donors (Lipinski definition) is 2. The number of H-pyrrole nitrogens is 1. The second kappa shape index (κ2) is 9.38. The highest BCUT2D eigenvalue weighted by molar-refractivity contribution is 5.89. The maximum Gasteiger partial charge on any atom is 0.337 e. The number of benzene rings is 2. The number of nitrogens with zero attached hydrogens (tertiary/aromatic N) is 3. The Balaban J connectivity index is 1.51. The van der Waals surface area contributed by atoms with Gasteiger partial charge >= 0.3 is 5.97 Å². The van der Waals surface area contributed by atoms with Crippen LogP contribution in [0.5, 0.6) is 0 Å². The number of hydrogen-bond acceptors (Lipinski definition) is 6. The third-order valence-electron chi connectivity index (χ3n) is 5.48. The lowest BCUT2D eigenvalue weighted by Crippen LogP contribution is -2.05. The van der Waals surface area contributed by atoms with Crippen LogP contribution in [-0.4, -0.2) is 33.5 Å². The van der Waals surface area contributed by atoms with Gasteiger partial charge < -0.3 is 10.5 Å². The van der Waals surface area contributed by atoms with Crippen molar-refractivity contribution in [1.82, 2.24) is 20.4 Å². The van der Waals surface area contributed by atoms with E-state index >= 15 is 0 Å². The van der Waals surface area contributed by atoms with Crippen LogP contribution in [0.25, 0.3) is 11.2 Å². The van der Waals surface area contributed by atoms with Gasteiger partial charge in [0.2, 0.25) is 5.65 Å². The van der Waals surface area contributed by atoms with Crippen molar-refractivity contribution in [2.24, 2.45) is 0 Å². The Bertz CT molecular complexity index is 1170. The maximum absolute atomic E-state index is 11.8. The number of carbonyl (C=O) groups excluding carboxylic acids is 1. The standard InChI is InChI=1S/C24H25N5O2/c1-31-24(30)18-12-7-9-16(14-18)8-5-6-13-19(17-10-3-2-4-11-17)20-15-21(25)26-23-22(20)27-29-28-23/h2-4,7,9-12,14-15,19H,5-6,8,13H2,1H3,(H3,25,26,27,28,29). The number of aromatic nitrogens is 4. The first-order chi connectivity index (χ1) is 15.2. The van der Waals surface area contributed by atoms with E-state index in [1.165, 1.54) is 12.7 Å². The number of fused-ring (bicyclic) bond motifs is 1. The minimum Gasteiger partial charge on any atom is -0.465 e. The first-order valence-corrected chi connectivity index (χ1v) is 10.3. The predicted octanol–water partition coefficient (Wildman–Crippen LogP) is 4.27. The smallest absolute Gasteiger partial charge is 0.337 e. The lowest BCUT2D eigenvalue weighted by atomic mass is 9.86. The lowest BCUT2D eigenvalue weighted by Gasteiger charge is -2.18. The van der Waals surface area contributed by atoms with E-state index in [-0.39, 0.29) is 11.9 Å². The highest BCUT2D eigenvalue weighted by Gasteiger charge is 2.20. The number of ether oxygens (including phenoxy) is 1. The summed E-state index contributed by atoms with van der Waals surface area (Å²) in [6.45, 7) is 0. The van der Waals surface area contributed by atoms with E-state index in [2.05, 4.69) is 32.5 Å². The molecule has 3 N–H and O–H groups in total. The molecule has 2 heterocycles. The fourth-order valence-corrected chi connectivity index (χ4v) is 3.98. The van der Waals surface area contributed by atoms with Crippen molar-refractivity contribution < 1.29 is 9.53 Å². The molecular formula is C24H25N5O2. The molecule has 0 fully saturated rings. The van der Waals surface area contributed by atoms with E-state index in [0.29, 0.717) is 17.0 Å². The summed E-state index contributed by atoms with van der Waals surface area (Å²) in [6, 6.07) is 19.9. The molecule has 7 nitrogen and oxygen atoms in total. The summed E-state index contributed by atoms with van der Waals surface area (Å²) in [5, 5.41) is 11.1. The van der Waals surface area contributed by atoms with E-state index in [0.717, 1.165) is 42.3 Å². The van der Waals surface area contributed by atoms with Gasteiger partial charge in [-0.3, -0.25) is 0 Å². The first kappa shape index (κ1) is 20.5. The molecule has 2 aromatic heterocycles. The Morgan fingerprint density at radius 2 is 1.90 bits per heavy atom. The van der Waals surface area contributed by atoms with Crippen molar-refractivity contribution in [2.45, 2.75) is 31.6 Å². The summed E-state index contributed by atoms with van der Waals surface area (Å²) in [6.07, 6.45) is 3.83. The zero-order valence-electron chi connectivity index (χ0n) is 17.4. The number of unbranched alkanes of at least 4 members (excludes halogenated alkanes) is 1. The third-order valence-corrected chi connectivity index (χ3v) is 5.48. The van der Waals surface area contributed by atoms with Crippen LogP contribution in [0.1, 0.15) is 52.2 Å². The minimum absolute atomic E-state index is 0.139. The van der Waals surface area contributed by atoms with Gasteiger partial charge in [0.1, 0.15) is 11.3 Å². The van der Waals surface area contributed by atoms with Crippen LogP contribution in [0.4, 0.5) is 5.82 Å². The van der Waals surface area contributed by atoms with Crippen molar-refractivity contribution in [3.8, 4) is 0 Å². The number of aryl methyl sites for hydroxylation is 1. The average Bonchev–Trinajstić information content (AvgIpc) is 3.27. The molecule has 4 rings (SSSR count). The molecule has 0 radical (unpaired) electrons. The number of carbonyl (C=O) groups is 1. The number of anilines is 1. The fourth-order valence-electron chi connectivity index (χ4n) is 3.98. The molecule has 0 bridgehead atoms. The van der Waals surface area contributed by atoms with Gasteiger partial charge in [0.15, 0.2) is 0 Å². The second-order valence-corrected chi connectivity index (χ2v) is 7.53. The number of pyridine rings is 1. The van der Waals surface area contributed by atoms with E-state index in [1.54, 1.807) is 6.07 Å². The Morgan fingerprint density at radius 3 is 2.71 bits per heavy atom. The van der Waals surface area contributed by atoms with Crippen LogP contribution >= 0.6 is 0 Å². The summed E-state index contributed by atoms with van der Waals surface area (Å²) in [5.41, 5.74) is 11.3. The Hall–Kier alpha value is -3.74. The monoisotopic (exact) mass is 415 g/mol. The van der Waals surface area contributed by atoms with Crippen molar-refractivity contribution in [3.63, 3.8) is 0 Å². The minimum atomic E-state index is -0.308. The quantitative estimate of drug-likeness (QED) is 0.329. The zero-order chi connectivity index (χ0) is 21.6. The molecule has 0 aliphatic heterocycles. The van der Waals surface area contributed by atoms with Crippen molar-refractivity contribution >= 4 is 23.0 Å². The fraction of sp³-hybridized carbons (Fsp3) is 0.250. The largest absolute Gasteiger partial charge is 0.465 e. The Labute approximate surface area is 180 Å². The number of nitrogens with two attached hydrogens (primary N) is 1. The van der Waals surface area contributed by atoms with Crippen LogP contribution in [0.15, 0.2) is 60.7 Å². The highest BCUT2D eigenvalue weighted by Crippen LogP contribution is 2.34. The SMILES string of the molecule is COC(=O)c1cccc(CCCCC(c2ccccc2)c2cc(N)nc3n[nH]nc23)c1. The van der Waals surface area contributed by atoms with Crippen LogP contribution in [0.3, 0.4) is 0 Å². The molecule has 0 amide bonds. The highest BCUT2D eigenvalue weighted by atomic mass is 16.5. The number of methoxy groups -OCH3 is 1. The molecule has 0 aliphatic carbocycles. The molecule has 0 saturated carbocycles. The lowest BCUT2D eigenvalue weighted by molar-refractivity contribution is 0.0600. The van der Waals surface area contributed by atoms with Gasteiger partial charge in [0.05, 0.1) is 12.7 Å². The van der Waals surface area contributed by atoms with Gasteiger partial charge in [0, 0.05) is 5.92 Å². The molecule has 2 aromatic carbocycles. The van der Waals surface area contributed by atoms with Crippen molar-refractivity contribution in [1.29, 1.82) is 0 Å². The van der Waals surface area contributed by atoms with E-state index < -0.39 is 0 Å². The molecule has 7 heteroatoms. The molecular weight excluding hydrogens is 390 g/mol. The molecule has 1 atom stereocenters. The van der Waals surface area contributed by atoms with Crippen LogP contribution in [0.2, 0.25) is 0 Å². The molecule has 31 heavy (non-hydrogen) atoms. The summed E-state index contributed by atoms with van der Waals surface area (Å²) >= 11 is 0. The molecule has 158 valence electrons. The van der Waals surface area contributed by atoms with Crippen molar-refractivity contribution in [3.05, 3.63) is 82.9 Å². The molecule has 4 aromatic rings. The number of nitrogens with one attached hydrogen (secondary N) is 1. The second-order valence-electron chi connectivity index (χ2n) is 7.53. The summed E-state index contributed by atoms with van der Waals surface area (Å²) in [5.74, 6) is 0.273. The van der Waals surface area contributed by atoms with E-state index in [9.17, 15) is 4.79 Å². The van der Waals surface area contributed by atoms with Gasteiger partial charge in [-0.15, -0.1) is 5.10 Å². The topological polar surface area (TPSA) is 107 Å². The Kier molecular flexibility index (Phi) is 6.21. The first-order valence-electron chi connectivity index (χ1n) is 10.3. The molecule has 1 unspecified atom stereocenters. The normalized spacial score (nSPS) is 12.0. The number of rotatable bonds is 8. The van der Waals surface area contributed by atoms with Gasteiger partial charge in [-0.05, 0) is 54.2 Å². The van der Waals surface area contributed by atoms with Gasteiger partial charge in [-0.25, -0.2) is 9.78 Å². The average molecular weight is 415 g/mol. The van der Waals surface area contributed by atoms with Gasteiger partial charge in [-0.2, -0.15) is 10.3 Å². The van der Waals surface area contributed by atoms with Crippen LogP contribution < -0.4 is 5.73 Å². The van der Waals surface area contributed by atoms with Crippen LogP contribution in [0, 0.1) is 0 Å². The summed E-state index contributed by atoms with van der Waals surface area (Å²) < 4.78 is 4.82. The number of nitrogen functional groups attached to an aromatic ring is 1. The molecule has 0 saturated heterocycles. The third kappa shape index (κ3) is 4.71. The molecule has 0 aliphatic rings. The van der Waals surface area contributed by atoms with Gasteiger partial charge in [-0.1, -0.05) is 48.9 Å². The Morgan fingerprint density at radius 1 is 1.06 bits per heavy atom. The molecule has 0 spiro atoms. The van der Waals surface area contributed by atoms with Crippen molar-refractivity contribution in [2.75, 3.05) is 12.8 Å². The summed E-state index contributed by atoms with van der Waals surface area (Å²) in [4.78, 5) is 16.0. The van der Waals surface area contributed by atoms with Crippen LogP contribution in [-0.2, 0) is 11.2 Å². The van der Waals surface area contributed by atoms with E-state index in [1.807, 2.05) is 42.5 Å². The maximum atomic E-state index is 11.8. The van der Waals surface area contributed by atoms with Gasteiger partial charge in [0.25, 0.3) is 0 Å². The van der Waals surface area contributed by atoms with E-state index in [4.69, 9.17) is 10.5 Å². The number of aromatic amines is 1. The zero-order valence-corrected chi connectivity index (χ0v) is 17.4. The predicted molar refractivity (Wildman–Crippen MR) is 120 cm³/mol.